The van der Waals surface area contributed by atoms with Crippen LogP contribution in [0.4, 0.5) is 0 Å². The molecule has 5 rings (SSSR count). The molecule has 0 radical (unpaired) electrons. The number of carbonyl (C=O) groups excluding carboxylic acids is 2. The van der Waals surface area contributed by atoms with E-state index in [9.17, 15) is 9.59 Å². The number of pyridine rings is 1. The number of rotatable bonds is 7. The standard InChI is InChI=1S/C30H36N4O2/c35-29(32-24-12-6-2-7-13-24)28(23-18-20-31-21-19-23)34(25-14-8-3-9-15-25)30(36)27-17-16-26(33-27)22-10-4-1-5-11-22/h1,4-5,10-11,16-21,24-25,28,33H,2-3,6-9,12-15H2,(H,32,35)/t28-/m1/s1. The number of amides is 2. The summed E-state index contributed by atoms with van der Waals surface area (Å²) in [6.07, 6.45) is 14.1. The van der Waals surface area contributed by atoms with Crippen LogP contribution in [0.2, 0.25) is 0 Å². The molecular formula is C30H36N4O2. The fraction of sp³-hybridized carbons (Fsp3) is 0.433. The molecule has 2 N–H and O–H groups in total. The summed E-state index contributed by atoms with van der Waals surface area (Å²) in [6.45, 7) is 0. The number of benzene rings is 1. The molecule has 2 saturated carbocycles. The first-order chi connectivity index (χ1) is 17.7. The first-order valence-corrected chi connectivity index (χ1v) is 13.5. The van der Waals surface area contributed by atoms with Crippen molar-refractivity contribution in [1.82, 2.24) is 20.2 Å². The van der Waals surface area contributed by atoms with Gasteiger partial charge in [-0.25, -0.2) is 0 Å². The topological polar surface area (TPSA) is 78.1 Å². The second-order valence-corrected chi connectivity index (χ2v) is 10.2. The normalized spacial score (nSPS) is 17.9. The van der Waals surface area contributed by atoms with Gasteiger partial charge in [-0.2, -0.15) is 0 Å². The van der Waals surface area contributed by atoms with Gasteiger partial charge >= 0.3 is 0 Å². The molecule has 1 atom stereocenters. The highest BCUT2D eigenvalue weighted by Gasteiger charge is 2.38. The molecule has 2 amide bonds. The lowest BCUT2D eigenvalue weighted by Crippen LogP contribution is -2.51. The summed E-state index contributed by atoms with van der Waals surface area (Å²) in [4.78, 5) is 37.5. The maximum Gasteiger partial charge on any atom is 0.271 e. The predicted octanol–water partition coefficient (Wildman–Crippen LogP) is 6.04. The molecule has 1 aromatic carbocycles. The van der Waals surface area contributed by atoms with Crippen LogP contribution in [0, 0.1) is 0 Å². The lowest BCUT2D eigenvalue weighted by molar-refractivity contribution is -0.127. The summed E-state index contributed by atoms with van der Waals surface area (Å²) in [5, 5.41) is 3.31. The van der Waals surface area contributed by atoms with E-state index < -0.39 is 6.04 Å². The Morgan fingerprint density at radius 3 is 2.19 bits per heavy atom. The summed E-state index contributed by atoms with van der Waals surface area (Å²) in [5.41, 5.74) is 3.26. The Hall–Kier alpha value is -3.41. The van der Waals surface area contributed by atoms with Crippen LogP contribution in [0.15, 0.2) is 67.0 Å². The maximum absolute atomic E-state index is 14.2. The second kappa shape index (κ2) is 11.5. The van der Waals surface area contributed by atoms with E-state index in [2.05, 4.69) is 15.3 Å². The summed E-state index contributed by atoms with van der Waals surface area (Å²) in [7, 11) is 0. The number of aromatic amines is 1. The number of hydrogen-bond donors (Lipinski definition) is 2. The molecular weight excluding hydrogens is 448 g/mol. The second-order valence-electron chi connectivity index (χ2n) is 10.2. The van der Waals surface area contributed by atoms with Crippen LogP contribution in [0.25, 0.3) is 11.3 Å². The average Bonchev–Trinajstić information content (AvgIpc) is 3.44. The first kappa shape index (κ1) is 24.3. The molecule has 0 saturated heterocycles. The van der Waals surface area contributed by atoms with Gasteiger partial charge in [-0.1, -0.05) is 68.9 Å². The zero-order valence-corrected chi connectivity index (χ0v) is 20.9. The minimum Gasteiger partial charge on any atom is -0.351 e. The van der Waals surface area contributed by atoms with Gasteiger partial charge in [0.2, 0.25) is 5.91 Å². The minimum atomic E-state index is -0.686. The van der Waals surface area contributed by atoms with Crippen molar-refractivity contribution in [2.24, 2.45) is 0 Å². The van der Waals surface area contributed by atoms with E-state index in [-0.39, 0.29) is 23.9 Å². The number of nitrogens with zero attached hydrogens (tertiary/aromatic N) is 2. The van der Waals surface area contributed by atoms with Crippen molar-refractivity contribution in [2.45, 2.75) is 82.3 Å². The van der Waals surface area contributed by atoms with Gasteiger partial charge in [0.1, 0.15) is 11.7 Å². The van der Waals surface area contributed by atoms with Crippen molar-refractivity contribution in [3.8, 4) is 11.3 Å². The fourth-order valence-corrected chi connectivity index (χ4v) is 5.81. The highest BCUT2D eigenvalue weighted by molar-refractivity contribution is 5.97. The molecule has 0 spiro atoms. The van der Waals surface area contributed by atoms with Crippen LogP contribution in [0.5, 0.6) is 0 Å². The third-order valence-corrected chi connectivity index (χ3v) is 7.70. The lowest BCUT2D eigenvalue weighted by atomic mass is 9.90. The zero-order valence-electron chi connectivity index (χ0n) is 20.9. The Balaban J connectivity index is 1.50. The molecule has 2 aromatic heterocycles. The van der Waals surface area contributed by atoms with Gasteiger partial charge in [0.15, 0.2) is 0 Å². The molecule has 0 bridgehead atoms. The summed E-state index contributed by atoms with van der Waals surface area (Å²) < 4.78 is 0. The third kappa shape index (κ3) is 5.53. The van der Waals surface area contributed by atoms with Crippen LogP contribution >= 0.6 is 0 Å². The Morgan fingerprint density at radius 2 is 1.50 bits per heavy atom. The molecule has 2 aliphatic carbocycles. The lowest BCUT2D eigenvalue weighted by Gasteiger charge is -2.40. The van der Waals surface area contributed by atoms with Gasteiger partial charge < -0.3 is 15.2 Å². The monoisotopic (exact) mass is 484 g/mol. The van der Waals surface area contributed by atoms with Crippen molar-refractivity contribution in [3.63, 3.8) is 0 Å². The summed E-state index contributed by atoms with van der Waals surface area (Å²) in [5.74, 6) is -0.202. The van der Waals surface area contributed by atoms with Crippen LogP contribution in [-0.2, 0) is 4.79 Å². The maximum atomic E-state index is 14.2. The molecule has 0 unspecified atom stereocenters. The molecule has 36 heavy (non-hydrogen) atoms. The SMILES string of the molecule is O=C(NC1CCCCC1)[C@@H](c1ccncc1)N(C(=O)c1ccc(-c2ccccc2)[nH]1)C1CCCCC1. The van der Waals surface area contributed by atoms with Crippen LogP contribution in [0.1, 0.15) is 86.3 Å². The van der Waals surface area contributed by atoms with E-state index in [1.807, 2.05) is 59.5 Å². The fourth-order valence-electron chi connectivity index (χ4n) is 5.81. The van der Waals surface area contributed by atoms with E-state index in [0.717, 1.165) is 68.2 Å². The van der Waals surface area contributed by atoms with E-state index in [1.165, 1.54) is 12.8 Å². The van der Waals surface area contributed by atoms with Gasteiger partial charge in [0.05, 0.1) is 0 Å². The average molecular weight is 485 g/mol. The number of aromatic nitrogens is 2. The highest BCUT2D eigenvalue weighted by Crippen LogP contribution is 2.33. The minimum absolute atomic E-state index is 0.0185. The molecule has 2 fully saturated rings. The first-order valence-electron chi connectivity index (χ1n) is 13.5. The van der Waals surface area contributed by atoms with Crippen molar-refractivity contribution >= 4 is 11.8 Å². The van der Waals surface area contributed by atoms with Crippen molar-refractivity contribution in [3.05, 3.63) is 78.2 Å². The van der Waals surface area contributed by atoms with E-state index in [1.54, 1.807) is 12.4 Å². The van der Waals surface area contributed by atoms with Crippen molar-refractivity contribution in [2.75, 3.05) is 0 Å². The number of nitrogens with one attached hydrogen (secondary N) is 2. The van der Waals surface area contributed by atoms with E-state index >= 15 is 0 Å². The largest absolute Gasteiger partial charge is 0.351 e. The quantitative estimate of drug-likeness (QED) is 0.429. The molecule has 2 aliphatic rings. The van der Waals surface area contributed by atoms with Gasteiger partial charge in [-0.3, -0.25) is 14.6 Å². The molecule has 2 heterocycles. The highest BCUT2D eigenvalue weighted by atomic mass is 16.2. The summed E-state index contributed by atoms with van der Waals surface area (Å²) >= 11 is 0. The van der Waals surface area contributed by atoms with Gasteiger partial charge in [-0.05, 0) is 61.1 Å². The van der Waals surface area contributed by atoms with Crippen molar-refractivity contribution in [1.29, 1.82) is 0 Å². The molecule has 188 valence electrons. The van der Waals surface area contributed by atoms with Crippen LogP contribution in [-0.4, -0.2) is 38.8 Å². The van der Waals surface area contributed by atoms with Crippen LogP contribution in [0.3, 0.4) is 0 Å². The smallest absolute Gasteiger partial charge is 0.271 e. The Bertz CT molecular complexity index is 1130. The zero-order chi connectivity index (χ0) is 24.7. The molecule has 6 nitrogen and oxygen atoms in total. The molecule has 0 aliphatic heterocycles. The van der Waals surface area contributed by atoms with E-state index in [0.29, 0.717) is 5.69 Å². The predicted molar refractivity (Wildman–Crippen MR) is 141 cm³/mol. The number of carbonyl (C=O) groups is 2. The Kier molecular flexibility index (Phi) is 7.79. The van der Waals surface area contributed by atoms with Gasteiger partial charge in [0, 0.05) is 30.2 Å². The van der Waals surface area contributed by atoms with Crippen molar-refractivity contribution < 1.29 is 9.59 Å². The number of hydrogen-bond acceptors (Lipinski definition) is 3. The van der Waals surface area contributed by atoms with Crippen LogP contribution < -0.4 is 5.32 Å². The van der Waals surface area contributed by atoms with Gasteiger partial charge in [0.25, 0.3) is 5.91 Å². The third-order valence-electron chi connectivity index (χ3n) is 7.70. The van der Waals surface area contributed by atoms with Gasteiger partial charge in [-0.15, -0.1) is 0 Å². The summed E-state index contributed by atoms with van der Waals surface area (Å²) in [6, 6.07) is 17.1. The number of H-pyrrole nitrogens is 1. The Morgan fingerprint density at radius 1 is 0.833 bits per heavy atom. The molecule has 6 heteroatoms. The Labute approximate surface area is 213 Å². The molecule has 3 aromatic rings. The van der Waals surface area contributed by atoms with E-state index in [4.69, 9.17) is 0 Å².